The van der Waals surface area contributed by atoms with Crippen molar-refractivity contribution in [3.05, 3.63) is 28.1 Å². The van der Waals surface area contributed by atoms with E-state index in [1.165, 1.54) is 7.11 Å². The minimum Gasteiger partial charge on any atom is -0.496 e. The van der Waals surface area contributed by atoms with Crippen LogP contribution in [0, 0.1) is 6.92 Å². The lowest BCUT2D eigenvalue weighted by Crippen LogP contribution is -1.95. The zero-order valence-corrected chi connectivity index (χ0v) is 11.2. The molecule has 1 aromatic carbocycles. The SMILES string of the molecule is COc1cc(OC)c(-c2csc(C)n2)cc1C=O. The molecule has 2 aromatic rings. The summed E-state index contributed by atoms with van der Waals surface area (Å²) in [7, 11) is 3.10. The van der Waals surface area contributed by atoms with Crippen molar-refractivity contribution in [1.29, 1.82) is 0 Å². The van der Waals surface area contributed by atoms with Crippen LogP contribution in [-0.2, 0) is 0 Å². The number of rotatable bonds is 4. The lowest BCUT2D eigenvalue weighted by atomic mass is 10.1. The zero-order chi connectivity index (χ0) is 13.1. The van der Waals surface area contributed by atoms with E-state index >= 15 is 0 Å². The van der Waals surface area contributed by atoms with Crippen LogP contribution in [0.15, 0.2) is 17.5 Å². The van der Waals surface area contributed by atoms with E-state index in [2.05, 4.69) is 4.98 Å². The highest BCUT2D eigenvalue weighted by Crippen LogP contribution is 2.35. The molecule has 1 heterocycles. The molecule has 0 spiro atoms. The Morgan fingerprint density at radius 2 is 1.94 bits per heavy atom. The van der Waals surface area contributed by atoms with Gasteiger partial charge in [-0.25, -0.2) is 4.98 Å². The van der Waals surface area contributed by atoms with Gasteiger partial charge in [-0.1, -0.05) is 0 Å². The van der Waals surface area contributed by atoms with Gasteiger partial charge in [0.25, 0.3) is 0 Å². The molecule has 0 amide bonds. The molecule has 5 heteroatoms. The number of benzene rings is 1. The van der Waals surface area contributed by atoms with Crippen LogP contribution in [0.1, 0.15) is 15.4 Å². The van der Waals surface area contributed by atoms with Crippen molar-refractivity contribution in [2.45, 2.75) is 6.92 Å². The highest BCUT2D eigenvalue weighted by Gasteiger charge is 2.14. The summed E-state index contributed by atoms with van der Waals surface area (Å²) in [5, 5.41) is 2.91. The molecule has 0 aliphatic heterocycles. The Labute approximate surface area is 109 Å². The summed E-state index contributed by atoms with van der Waals surface area (Å²) in [6.07, 6.45) is 0.765. The first-order valence-corrected chi connectivity index (χ1v) is 6.21. The average Bonchev–Trinajstić information content (AvgIpc) is 2.83. The first-order chi connectivity index (χ1) is 8.69. The Balaban J connectivity index is 2.62. The molecule has 0 bridgehead atoms. The van der Waals surface area contributed by atoms with Crippen molar-refractivity contribution < 1.29 is 14.3 Å². The summed E-state index contributed by atoms with van der Waals surface area (Å²) in [6.45, 7) is 1.94. The number of aldehydes is 1. The molecule has 0 unspecified atom stereocenters. The molecule has 0 N–H and O–H groups in total. The summed E-state index contributed by atoms with van der Waals surface area (Å²) < 4.78 is 10.5. The fourth-order valence-corrected chi connectivity index (χ4v) is 2.32. The predicted molar refractivity (Wildman–Crippen MR) is 70.8 cm³/mol. The molecule has 0 saturated carbocycles. The van der Waals surface area contributed by atoms with E-state index in [1.54, 1.807) is 30.6 Å². The third-order valence-corrected chi connectivity index (χ3v) is 3.35. The van der Waals surface area contributed by atoms with Gasteiger partial charge >= 0.3 is 0 Å². The maximum atomic E-state index is 11.0. The monoisotopic (exact) mass is 263 g/mol. The summed E-state index contributed by atoms with van der Waals surface area (Å²) >= 11 is 1.56. The van der Waals surface area contributed by atoms with E-state index in [4.69, 9.17) is 9.47 Å². The van der Waals surface area contributed by atoms with Gasteiger partial charge in [0.2, 0.25) is 0 Å². The second-order valence-electron chi connectivity index (χ2n) is 3.66. The van der Waals surface area contributed by atoms with Gasteiger partial charge in [0, 0.05) is 17.0 Å². The molecule has 0 fully saturated rings. The summed E-state index contributed by atoms with van der Waals surface area (Å²) in [5.74, 6) is 1.14. The van der Waals surface area contributed by atoms with Crippen molar-refractivity contribution in [3.8, 4) is 22.8 Å². The van der Waals surface area contributed by atoms with E-state index in [-0.39, 0.29) is 0 Å². The second-order valence-corrected chi connectivity index (χ2v) is 4.73. The average molecular weight is 263 g/mol. The van der Waals surface area contributed by atoms with Crippen LogP contribution < -0.4 is 9.47 Å². The van der Waals surface area contributed by atoms with Crippen molar-refractivity contribution in [1.82, 2.24) is 4.98 Å². The molecule has 0 aliphatic rings. The van der Waals surface area contributed by atoms with E-state index in [1.807, 2.05) is 12.3 Å². The Morgan fingerprint density at radius 3 is 2.44 bits per heavy atom. The Hall–Kier alpha value is -1.88. The van der Waals surface area contributed by atoms with E-state index in [9.17, 15) is 4.79 Å². The minimum absolute atomic E-state index is 0.485. The van der Waals surface area contributed by atoms with E-state index < -0.39 is 0 Å². The molecule has 94 valence electrons. The van der Waals surface area contributed by atoms with Gasteiger partial charge in [-0.15, -0.1) is 11.3 Å². The van der Waals surface area contributed by atoms with Crippen LogP contribution in [0.5, 0.6) is 11.5 Å². The van der Waals surface area contributed by atoms with Gasteiger partial charge in [-0.3, -0.25) is 4.79 Å². The number of hydrogen-bond donors (Lipinski definition) is 0. The molecule has 18 heavy (non-hydrogen) atoms. The molecular weight excluding hydrogens is 250 g/mol. The number of ether oxygens (including phenoxy) is 2. The van der Waals surface area contributed by atoms with Crippen molar-refractivity contribution >= 4 is 17.6 Å². The van der Waals surface area contributed by atoms with Crippen molar-refractivity contribution in [3.63, 3.8) is 0 Å². The third kappa shape index (κ3) is 2.22. The van der Waals surface area contributed by atoms with Crippen LogP contribution >= 0.6 is 11.3 Å². The number of aromatic nitrogens is 1. The van der Waals surface area contributed by atoms with Crippen LogP contribution in [0.4, 0.5) is 0 Å². The Morgan fingerprint density at radius 1 is 1.22 bits per heavy atom. The number of carbonyl (C=O) groups excluding carboxylic acids is 1. The van der Waals surface area contributed by atoms with E-state index in [0.29, 0.717) is 17.1 Å². The molecule has 0 aliphatic carbocycles. The number of hydrogen-bond acceptors (Lipinski definition) is 5. The smallest absolute Gasteiger partial charge is 0.153 e. The fraction of sp³-hybridized carbons (Fsp3) is 0.231. The van der Waals surface area contributed by atoms with Gasteiger partial charge < -0.3 is 9.47 Å². The Kier molecular flexibility index (Phi) is 3.62. The zero-order valence-electron chi connectivity index (χ0n) is 10.4. The summed E-state index contributed by atoms with van der Waals surface area (Å²) in [6, 6.07) is 3.44. The minimum atomic E-state index is 0.485. The van der Waals surface area contributed by atoms with Gasteiger partial charge in [-0.2, -0.15) is 0 Å². The molecule has 0 saturated heterocycles. The maximum absolute atomic E-state index is 11.0. The Bertz CT molecular complexity index is 578. The molecule has 4 nitrogen and oxygen atoms in total. The molecule has 2 rings (SSSR count). The fourth-order valence-electron chi connectivity index (χ4n) is 1.70. The highest BCUT2D eigenvalue weighted by molar-refractivity contribution is 7.09. The van der Waals surface area contributed by atoms with Crippen LogP contribution in [0.25, 0.3) is 11.3 Å². The lowest BCUT2D eigenvalue weighted by molar-refractivity contribution is 0.112. The van der Waals surface area contributed by atoms with Crippen LogP contribution in [-0.4, -0.2) is 25.5 Å². The van der Waals surface area contributed by atoms with Crippen molar-refractivity contribution in [2.75, 3.05) is 14.2 Å². The summed E-state index contributed by atoms with van der Waals surface area (Å²) in [4.78, 5) is 15.4. The van der Waals surface area contributed by atoms with Crippen LogP contribution in [0.2, 0.25) is 0 Å². The summed E-state index contributed by atoms with van der Waals surface area (Å²) in [5.41, 5.74) is 2.09. The molecule has 1 aromatic heterocycles. The largest absolute Gasteiger partial charge is 0.496 e. The van der Waals surface area contributed by atoms with Crippen molar-refractivity contribution in [2.24, 2.45) is 0 Å². The number of aryl methyl sites for hydroxylation is 1. The van der Waals surface area contributed by atoms with Gasteiger partial charge in [0.15, 0.2) is 6.29 Å². The second kappa shape index (κ2) is 5.18. The third-order valence-electron chi connectivity index (χ3n) is 2.57. The predicted octanol–water partition coefficient (Wildman–Crippen LogP) is 2.95. The molecule has 0 radical (unpaired) electrons. The topological polar surface area (TPSA) is 48.4 Å². The standard InChI is InChI=1S/C13H13NO3S/c1-8-14-11(7-18-8)10-4-9(6-15)12(16-2)5-13(10)17-3/h4-7H,1-3H3. The number of thiazole rings is 1. The number of methoxy groups -OCH3 is 2. The maximum Gasteiger partial charge on any atom is 0.153 e. The number of carbonyl (C=O) groups is 1. The molecule has 0 atom stereocenters. The first kappa shape index (κ1) is 12.6. The van der Waals surface area contributed by atoms with Gasteiger partial charge in [-0.05, 0) is 13.0 Å². The lowest BCUT2D eigenvalue weighted by Gasteiger charge is -2.10. The first-order valence-electron chi connectivity index (χ1n) is 5.33. The van der Waals surface area contributed by atoms with E-state index in [0.717, 1.165) is 22.6 Å². The normalized spacial score (nSPS) is 10.2. The van der Waals surface area contributed by atoms with Gasteiger partial charge in [0.1, 0.15) is 11.5 Å². The quantitative estimate of drug-likeness (QED) is 0.796. The van der Waals surface area contributed by atoms with Gasteiger partial charge in [0.05, 0.1) is 30.5 Å². The number of nitrogens with zero attached hydrogens (tertiary/aromatic N) is 1. The molecular formula is C13H13NO3S. The van der Waals surface area contributed by atoms with Crippen LogP contribution in [0.3, 0.4) is 0 Å². The highest BCUT2D eigenvalue weighted by atomic mass is 32.1.